The van der Waals surface area contributed by atoms with Crippen LogP contribution >= 0.6 is 11.5 Å². The topological polar surface area (TPSA) is 66.3 Å². The van der Waals surface area contributed by atoms with Gasteiger partial charge >= 0.3 is 6.03 Å². The van der Waals surface area contributed by atoms with Crippen molar-refractivity contribution in [2.75, 3.05) is 36.4 Å². The molecule has 1 aliphatic heterocycles. The summed E-state index contributed by atoms with van der Waals surface area (Å²) in [6, 6.07) is 8.19. The van der Waals surface area contributed by atoms with Crippen molar-refractivity contribution in [1.29, 1.82) is 0 Å². The number of fused-ring (bicyclic) bond motifs is 1. The van der Waals surface area contributed by atoms with Crippen molar-refractivity contribution in [2.24, 2.45) is 0 Å². The molecule has 2 amide bonds. The highest BCUT2D eigenvalue weighted by Crippen LogP contribution is 2.22. The van der Waals surface area contributed by atoms with Crippen LogP contribution in [0.2, 0.25) is 0 Å². The van der Waals surface area contributed by atoms with Crippen LogP contribution in [0.3, 0.4) is 0 Å². The number of carbonyl (C=O) groups excluding carboxylic acids is 1. The Hall–Kier alpha value is -2.61. The van der Waals surface area contributed by atoms with Gasteiger partial charge in [-0.3, -0.25) is 0 Å². The van der Waals surface area contributed by atoms with E-state index in [1.165, 1.54) is 17.0 Å². The molecule has 2 aromatic heterocycles. The van der Waals surface area contributed by atoms with E-state index in [1.54, 1.807) is 0 Å². The monoisotopic (exact) mass is 398 g/mol. The van der Waals surface area contributed by atoms with Crippen LogP contribution in [0.4, 0.5) is 15.6 Å². The van der Waals surface area contributed by atoms with E-state index in [0.29, 0.717) is 6.54 Å². The van der Waals surface area contributed by atoms with Crippen LogP contribution in [0.1, 0.15) is 25.6 Å². The molecule has 0 atom stereocenters. The van der Waals surface area contributed by atoms with E-state index < -0.39 is 0 Å². The second kappa shape index (κ2) is 8.18. The molecule has 0 spiro atoms. The van der Waals surface area contributed by atoms with Gasteiger partial charge in [0.2, 0.25) is 5.13 Å². The maximum absolute atomic E-state index is 12.8. The number of aromatic nitrogens is 3. The van der Waals surface area contributed by atoms with E-state index in [9.17, 15) is 4.79 Å². The lowest BCUT2D eigenvalue weighted by Crippen LogP contribution is -2.38. The Morgan fingerprint density at radius 3 is 2.89 bits per heavy atom. The standard InChI is InChI=1S/C20H26N6OS/c1-3-8-24-11-7-16-14-17(5-6-18(16)24)22-19(27)25-9-4-10-26(13-12-25)20-21-15(2)23-28-20/h5-7,11,14H,3-4,8-10,12-13H2,1-2H3,(H,22,27). The summed E-state index contributed by atoms with van der Waals surface area (Å²) in [7, 11) is 0. The molecule has 1 aromatic carbocycles. The smallest absolute Gasteiger partial charge is 0.321 e. The number of benzene rings is 1. The number of nitrogens with one attached hydrogen (secondary N) is 1. The number of rotatable bonds is 4. The van der Waals surface area contributed by atoms with Crippen LogP contribution in [-0.2, 0) is 6.54 Å². The number of amides is 2. The Labute approximate surface area is 169 Å². The van der Waals surface area contributed by atoms with Crippen molar-refractivity contribution in [3.05, 3.63) is 36.3 Å². The molecule has 28 heavy (non-hydrogen) atoms. The molecular formula is C20H26N6OS. The molecule has 1 N–H and O–H groups in total. The zero-order valence-electron chi connectivity index (χ0n) is 16.4. The van der Waals surface area contributed by atoms with Crippen molar-refractivity contribution in [1.82, 2.24) is 18.8 Å². The van der Waals surface area contributed by atoms with Crippen molar-refractivity contribution in [3.63, 3.8) is 0 Å². The van der Waals surface area contributed by atoms with Gasteiger partial charge < -0.3 is 19.7 Å². The molecule has 7 nitrogen and oxygen atoms in total. The maximum atomic E-state index is 12.8. The summed E-state index contributed by atoms with van der Waals surface area (Å²) in [6.45, 7) is 8.19. The van der Waals surface area contributed by atoms with Gasteiger partial charge in [0.05, 0.1) is 0 Å². The van der Waals surface area contributed by atoms with E-state index in [1.807, 2.05) is 24.0 Å². The molecule has 0 radical (unpaired) electrons. The minimum Gasteiger partial charge on any atom is -0.347 e. The molecular weight excluding hydrogens is 372 g/mol. The third-order valence-corrected chi connectivity index (χ3v) is 5.93. The van der Waals surface area contributed by atoms with Crippen LogP contribution in [-0.4, -0.2) is 51.0 Å². The molecule has 1 aliphatic rings. The van der Waals surface area contributed by atoms with Crippen molar-refractivity contribution < 1.29 is 4.79 Å². The van der Waals surface area contributed by atoms with Crippen LogP contribution in [0.25, 0.3) is 10.9 Å². The van der Waals surface area contributed by atoms with Gasteiger partial charge in [-0.25, -0.2) is 9.78 Å². The molecule has 8 heteroatoms. The Balaban J connectivity index is 1.40. The Kier molecular flexibility index (Phi) is 5.47. The molecule has 148 valence electrons. The second-order valence-electron chi connectivity index (χ2n) is 7.16. The SMILES string of the molecule is CCCn1ccc2cc(NC(=O)N3CCCN(c4nc(C)ns4)CC3)ccc21. The van der Waals surface area contributed by atoms with Crippen LogP contribution < -0.4 is 10.2 Å². The summed E-state index contributed by atoms with van der Waals surface area (Å²) < 4.78 is 6.51. The zero-order chi connectivity index (χ0) is 19.5. The van der Waals surface area contributed by atoms with E-state index in [-0.39, 0.29) is 6.03 Å². The van der Waals surface area contributed by atoms with Gasteiger partial charge in [0, 0.05) is 67.0 Å². The lowest BCUT2D eigenvalue weighted by molar-refractivity contribution is 0.215. The van der Waals surface area contributed by atoms with E-state index in [4.69, 9.17) is 0 Å². The Morgan fingerprint density at radius 2 is 2.11 bits per heavy atom. The Morgan fingerprint density at radius 1 is 1.21 bits per heavy atom. The van der Waals surface area contributed by atoms with Crippen molar-refractivity contribution in [2.45, 2.75) is 33.2 Å². The predicted molar refractivity (Wildman–Crippen MR) is 114 cm³/mol. The first-order chi connectivity index (χ1) is 13.6. The highest BCUT2D eigenvalue weighted by molar-refractivity contribution is 7.09. The lowest BCUT2D eigenvalue weighted by atomic mass is 10.2. The average Bonchev–Trinajstić information content (AvgIpc) is 3.20. The fourth-order valence-corrected chi connectivity index (χ4v) is 4.37. The van der Waals surface area contributed by atoms with Gasteiger partial charge in [0.25, 0.3) is 0 Å². The number of carbonyl (C=O) groups is 1. The normalized spacial score (nSPS) is 15.1. The van der Waals surface area contributed by atoms with Crippen molar-refractivity contribution >= 4 is 39.3 Å². The highest BCUT2D eigenvalue weighted by atomic mass is 32.1. The molecule has 3 aromatic rings. The van der Waals surface area contributed by atoms with Gasteiger partial charge in [-0.05, 0) is 44.0 Å². The van der Waals surface area contributed by atoms with Crippen LogP contribution in [0, 0.1) is 6.92 Å². The number of urea groups is 1. The number of aryl methyl sites for hydroxylation is 2. The van der Waals surface area contributed by atoms with Crippen LogP contribution in [0.15, 0.2) is 30.5 Å². The first-order valence-corrected chi connectivity index (χ1v) is 10.6. The third-order valence-electron chi connectivity index (χ3n) is 5.06. The van der Waals surface area contributed by atoms with Gasteiger partial charge in [-0.2, -0.15) is 4.37 Å². The summed E-state index contributed by atoms with van der Waals surface area (Å²) in [5.74, 6) is 0.807. The molecule has 0 unspecified atom stereocenters. The number of anilines is 2. The zero-order valence-corrected chi connectivity index (χ0v) is 17.2. The summed E-state index contributed by atoms with van der Waals surface area (Å²) in [5.41, 5.74) is 2.05. The summed E-state index contributed by atoms with van der Waals surface area (Å²) in [6.07, 6.45) is 4.13. The summed E-state index contributed by atoms with van der Waals surface area (Å²) in [5, 5.41) is 5.16. The molecule has 1 fully saturated rings. The third kappa shape index (κ3) is 3.96. The first kappa shape index (κ1) is 18.7. The largest absolute Gasteiger partial charge is 0.347 e. The predicted octanol–water partition coefficient (Wildman–Crippen LogP) is 3.96. The van der Waals surface area contributed by atoms with E-state index in [2.05, 4.69) is 49.4 Å². The molecule has 1 saturated heterocycles. The quantitative estimate of drug-likeness (QED) is 0.722. The fourth-order valence-electron chi connectivity index (χ4n) is 3.64. The van der Waals surface area contributed by atoms with Gasteiger partial charge in [-0.15, -0.1) is 0 Å². The van der Waals surface area contributed by atoms with Crippen molar-refractivity contribution in [3.8, 4) is 0 Å². The number of nitrogens with zero attached hydrogens (tertiary/aromatic N) is 5. The first-order valence-electron chi connectivity index (χ1n) is 9.84. The average molecular weight is 399 g/mol. The van der Waals surface area contributed by atoms with E-state index >= 15 is 0 Å². The highest BCUT2D eigenvalue weighted by Gasteiger charge is 2.21. The minimum atomic E-state index is -0.0392. The molecule has 4 rings (SSSR count). The van der Waals surface area contributed by atoms with Gasteiger partial charge in [-0.1, -0.05) is 6.92 Å². The minimum absolute atomic E-state index is 0.0392. The fraction of sp³-hybridized carbons (Fsp3) is 0.450. The molecule has 0 aliphatic carbocycles. The molecule has 3 heterocycles. The Bertz CT molecular complexity index is 965. The number of hydrogen-bond donors (Lipinski definition) is 1. The molecule has 0 saturated carbocycles. The lowest BCUT2D eigenvalue weighted by Gasteiger charge is -2.22. The van der Waals surface area contributed by atoms with Gasteiger partial charge in [0.15, 0.2) is 0 Å². The van der Waals surface area contributed by atoms with E-state index in [0.717, 1.165) is 61.1 Å². The second-order valence-corrected chi connectivity index (χ2v) is 7.89. The molecule has 0 bridgehead atoms. The van der Waals surface area contributed by atoms with Gasteiger partial charge in [0.1, 0.15) is 5.82 Å². The van der Waals surface area contributed by atoms with Crippen LogP contribution in [0.5, 0.6) is 0 Å². The maximum Gasteiger partial charge on any atom is 0.321 e. The number of hydrogen-bond acceptors (Lipinski definition) is 5. The summed E-state index contributed by atoms with van der Waals surface area (Å²) in [4.78, 5) is 21.4. The summed E-state index contributed by atoms with van der Waals surface area (Å²) >= 11 is 1.43.